The first-order chi connectivity index (χ1) is 15.3. The van der Waals surface area contributed by atoms with Gasteiger partial charge in [0.15, 0.2) is 5.65 Å². The number of likely N-dealkylation sites (tertiary alicyclic amines) is 1. The lowest BCUT2D eigenvalue weighted by molar-refractivity contribution is 0.183. The van der Waals surface area contributed by atoms with E-state index in [4.69, 9.17) is 4.74 Å². The number of nitrogens with zero attached hydrogens (tertiary/aromatic N) is 7. The van der Waals surface area contributed by atoms with Crippen molar-refractivity contribution in [1.82, 2.24) is 34.4 Å². The van der Waals surface area contributed by atoms with Crippen molar-refractivity contribution in [3.63, 3.8) is 0 Å². The Bertz CT molecular complexity index is 1140. The molecule has 0 atom stereocenters. The highest BCUT2D eigenvalue weighted by Crippen LogP contribution is 2.19. The molecule has 1 N–H and O–H groups in total. The number of hydrogen-bond acceptors (Lipinski definition) is 8. The maximum atomic E-state index is 5.85. The number of imidazole rings is 1. The van der Waals surface area contributed by atoms with E-state index in [-0.39, 0.29) is 0 Å². The van der Waals surface area contributed by atoms with Crippen LogP contribution >= 0.6 is 0 Å². The van der Waals surface area contributed by atoms with Crippen LogP contribution in [0.5, 0.6) is 5.75 Å². The smallest absolute Gasteiger partial charge is 0.177 e. The third kappa shape index (κ3) is 4.61. The van der Waals surface area contributed by atoms with Crippen LogP contribution in [0.4, 0.5) is 11.6 Å². The number of fused-ring (bicyclic) bond motifs is 1. The van der Waals surface area contributed by atoms with Crippen molar-refractivity contribution in [2.45, 2.75) is 19.3 Å². The monoisotopic (exact) mass is 416 g/mol. The van der Waals surface area contributed by atoms with Gasteiger partial charge in [-0.25, -0.2) is 24.9 Å². The van der Waals surface area contributed by atoms with Crippen LogP contribution in [0.1, 0.15) is 19.3 Å². The molecule has 1 aliphatic heterocycles. The van der Waals surface area contributed by atoms with Gasteiger partial charge in [-0.05, 0) is 50.2 Å². The van der Waals surface area contributed by atoms with E-state index in [0.717, 1.165) is 17.8 Å². The van der Waals surface area contributed by atoms with Gasteiger partial charge in [-0.1, -0.05) is 6.42 Å². The highest BCUT2D eigenvalue weighted by molar-refractivity contribution is 5.72. The summed E-state index contributed by atoms with van der Waals surface area (Å²) in [7, 11) is 0. The first-order valence-corrected chi connectivity index (χ1v) is 10.5. The number of piperidine rings is 1. The number of aromatic nitrogens is 6. The highest BCUT2D eigenvalue weighted by Gasteiger charge is 2.10. The normalized spacial score (nSPS) is 14.6. The van der Waals surface area contributed by atoms with E-state index in [9.17, 15) is 0 Å². The molecule has 0 radical (unpaired) electrons. The zero-order chi connectivity index (χ0) is 20.9. The number of hydrogen-bond donors (Lipinski definition) is 1. The van der Waals surface area contributed by atoms with Gasteiger partial charge in [0.1, 0.15) is 42.5 Å². The van der Waals surface area contributed by atoms with Crippen molar-refractivity contribution in [1.29, 1.82) is 0 Å². The lowest BCUT2D eigenvalue weighted by Crippen LogP contribution is -2.33. The second-order valence-corrected chi connectivity index (χ2v) is 7.48. The van der Waals surface area contributed by atoms with Crippen LogP contribution in [-0.2, 0) is 0 Å². The van der Waals surface area contributed by atoms with Gasteiger partial charge in [0.2, 0.25) is 0 Å². The van der Waals surface area contributed by atoms with Gasteiger partial charge < -0.3 is 10.1 Å². The van der Waals surface area contributed by atoms with Crippen LogP contribution in [0.3, 0.4) is 0 Å². The van der Waals surface area contributed by atoms with Gasteiger partial charge in [-0.15, -0.1) is 0 Å². The van der Waals surface area contributed by atoms with Crippen LogP contribution in [-0.4, -0.2) is 60.6 Å². The molecule has 1 aliphatic rings. The standard InChI is InChI=1S/C22H24N8O/c1-2-9-29(10-3-1)11-12-31-17-6-7-19(24-14-17)28-20-13-21(26-15-25-20)30-16-27-22-18(30)5-4-8-23-22/h4-8,13-16H,1-3,9-12H2,(H,24,25,26,28). The summed E-state index contributed by atoms with van der Waals surface area (Å²) in [5.41, 5.74) is 1.56. The van der Waals surface area contributed by atoms with E-state index < -0.39 is 0 Å². The summed E-state index contributed by atoms with van der Waals surface area (Å²) in [6.07, 6.45) is 10.6. The van der Waals surface area contributed by atoms with Crippen molar-refractivity contribution in [3.8, 4) is 11.6 Å². The second-order valence-electron chi connectivity index (χ2n) is 7.48. The van der Waals surface area contributed by atoms with Crippen molar-refractivity contribution in [2.75, 3.05) is 31.6 Å². The van der Waals surface area contributed by atoms with E-state index in [1.807, 2.05) is 34.9 Å². The first-order valence-electron chi connectivity index (χ1n) is 10.5. The fourth-order valence-corrected chi connectivity index (χ4v) is 3.73. The predicted octanol–water partition coefficient (Wildman–Crippen LogP) is 3.21. The maximum absolute atomic E-state index is 5.85. The Morgan fingerprint density at radius 3 is 2.74 bits per heavy atom. The topological polar surface area (TPSA) is 93.9 Å². The third-order valence-electron chi connectivity index (χ3n) is 5.34. The molecular formula is C22H24N8O. The minimum absolute atomic E-state index is 0.641. The van der Waals surface area contributed by atoms with Crippen LogP contribution < -0.4 is 10.1 Å². The van der Waals surface area contributed by atoms with Crippen LogP contribution in [0.2, 0.25) is 0 Å². The Balaban J connectivity index is 1.21. The van der Waals surface area contributed by atoms with E-state index in [2.05, 4.69) is 35.1 Å². The Morgan fingerprint density at radius 1 is 0.935 bits per heavy atom. The van der Waals surface area contributed by atoms with E-state index in [1.54, 1.807) is 18.7 Å². The zero-order valence-corrected chi connectivity index (χ0v) is 17.2. The first kappa shape index (κ1) is 19.4. The minimum Gasteiger partial charge on any atom is -0.491 e. The lowest BCUT2D eigenvalue weighted by atomic mass is 10.1. The average Bonchev–Trinajstić information content (AvgIpc) is 3.25. The Labute approximate surface area is 180 Å². The van der Waals surface area contributed by atoms with E-state index >= 15 is 0 Å². The van der Waals surface area contributed by atoms with Gasteiger partial charge in [0.25, 0.3) is 0 Å². The summed E-state index contributed by atoms with van der Waals surface area (Å²) in [4.78, 5) is 24.1. The molecule has 5 heterocycles. The van der Waals surface area contributed by atoms with Gasteiger partial charge in [-0.3, -0.25) is 9.47 Å². The third-order valence-corrected chi connectivity index (χ3v) is 5.34. The summed E-state index contributed by atoms with van der Waals surface area (Å²) in [5.74, 6) is 2.79. The molecule has 0 aliphatic carbocycles. The Hall–Kier alpha value is -3.59. The summed E-state index contributed by atoms with van der Waals surface area (Å²) >= 11 is 0. The summed E-state index contributed by atoms with van der Waals surface area (Å²) in [5, 5.41) is 3.21. The van der Waals surface area contributed by atoms with Gasteiger partial charge in [0, 0.05) is 18.8 Å². The number of rotatable bonds is 7. The second kappa shape index (κ2) is 9.05. The molecule has 9 heteroatoms. The van der Waals surface area contributed by atoms with E-state index in [0.29, 0.717) is 29.7 Å². The number of anilines is 2. The Morgan fingerprint density at radius 2 is 1.87 bits per heavy atom. The summed E-state index contributed by atoms with van der Waals surface area (Å²) in [6, 6.07) is 9.48. The molecule has 5 rings (SSSR count). The highest BCUT2D eigenvalue weighted by atomic mass is 16.5. The molecule has 31 heavy (non-hydrogen) atoms. The molecule has 0 saturated carbocycles. The molecular weight excluding hydrogens is 392 g/mol. The van der Waals surface area contributed by atoms with Gasteiger partial charge >= 0.3 is 0 Å². The fourth-order valence-electron chi connectivity index (χ4n) is 3.73. The molecule has 0 unspecified atom stereocenters. The van der Waals surface area contributed by atoms with Crippen LogP contribution in [0.25, 0.3) is 17.0 Å². The molecule has 0 amide bonds. The average molecular weight is 416 g/mol. The largest absolute Gasteiger partial charge is 0.491 e. The summed E-state index contributed by atoms with van der Waals surface area (Å²) in [6.45, 7) is 3.99. The SMILES string of the molecule is c1cnc2ncn(-c3cc(Nc4ccc(OCCN5CCCCC5)cn4)ncn3)c2c1. The van der Waals surface area contributed by atoms with Crippen molar-refractivity contribution in [2.24, 2.45) is 0 Å². The minimum atomic E-state index is 0.641. The molecule has 0 bridgehead atoms. The quantitative estimate of drug-likeness (QED) is 0.491. The Kier molecular flexibility index (Phi) is 5.66. The number of pyridine rings is 2. The van der Waals surface area contributed by atoms with Crippen molar-refractivity contribution < 1.29 is 4.74 Å². The fraction of sp³-hybridized carbons (Fsp3) is 0.318. The number of nitrogens with one attached hydrogen (secondary N) is 1. The van der Waals surface area contributed by atoms with E-state index in [1.165, 1.54) is 38.7 Å². The number of ether oxygens (including phenoxy) is 1. The maximum Gasteiger partial charge on any atom is 0.177 e. The van der Waals surface area contributed by atoms with Crippen LogP contribution in [0, 0.1) is 0 Å². The molecule has 1 fully saturated rings. The summed E-state index contributed by atoms with van der Waals surface area (Å²) < 4.78 is 7.73. The molecule has 4 aromatic rings. The molecule has 0 spiro atoms. The zero-order valence-electron chi connectivity index (χ0n) is 17.2. The molecule has 158 valence electrons. The molecule has 1 saturated heterocycles. The molecule has 4 aromatic heterocycles. The van der Waals surface area contributed by atoms with Crippen LogP contribution in [0.15, 0.2) is 55.4 Å². The van der Waals surface area contributed by atoms with Gasteiger partial charge in [-0.2, -0.15) is 0 Å². The van der Waals surface area contributed by atoms with Gasteiger partial charge in [0.05, 0.1) is 11.7 Å². The predicted molar refractivity (Wildman–Crippen MR) is 118 cm³/mol. The molecule has 9 nitrogen and oxygen atoms in total. The van der Waals surface area contributed by atoms with Crippen molar-refractivity contribution in [3.05, 3.63) is 55.4 Å². The van der Waals surface area contributed by atoms with Crippen molar-refractivity contribution >= 4 is 22.8 Å². The molecule has 0 aromatic carbocycles. The lowest BCUT2D eigenvalue weighted by Gasteiger charge is -2.26.